The average Bonchev–Trinajstić information content (AvgIpc) is 2.93. The van der Waals surface area contributed by atoms with E-state index in [2.05, 4.69) is 17.1 Å². The quantitative estimate of drug-likeness (QED) is 0.561. The van der Waals surface area contributed by atoms with E-state index in [9.17, 15) is 0 Å². The highest BCUT2D eigenvalue weighted by molar-refractivity contribution is 4.87. The van der Waals surface area contributed by atoms with Gasteiger partial charge in [0.2, 0.25) is 5.89 Å². The highest BCUT2D eigenvalue weighted by Gasteiger charge is 2.11. The van der Waals surface area contributed by atoms with Crippen LogP contribution in [0.4, 0.5) is 0 Å². The molecule has 0 spiro atoms. The molecule has 2 N–H and O–H groups in total. The van der Waals surface area contributed by atoms with Gasteiger partial charge in [-0.25, -0.2) is 0 Å². The SMILES string of the molecule is CCCC(CCN)CCc1nc(CCOCCOC)no1. The molecule has 0 bridgehead atoms. The summed E-state index contributed by atoms with van der Waals surface area (Å²) in [6.45, 7) is 4.75. The molecule has 6 heteroatoms. The van der Waals surface area contributed by atoms with Crippen LogP contribution in [0.1, 0.15) is 44.3 Å². The van der Waals surface area contributed by atoms with Gasteiger partial charge in [-0.1, -0.05) is 24.9 Å². The van der Waals surface area contributed by atoms with Crippen LogP contribution in [-0.2, 0) is 22.3 Å². The molecule has 21 heavy (non-hydrogen) atoms. The van der Waals surface area contributed by atoms with Gasteiger partial charge in [-0.2, -0.15) is 4.98 Å². The fourth-order valence-corrected chi connectivity index (χ4v) is 2.31. The predicted octanol–water partition coefficient (Wildman–Crippen LogP) is 1.97. The zero-order valence-corrected chi connectivity index (χ0v) is 13.3. The molecule has 0 aliphatic heterocycles. The molecule has 1 atom stereocenters. The van der Waals surface area contributed by atoms with Crippen molar-refractivity contribution < 1.29 is 14.0 Å². The number of aromatic nitrogens is 2. The molecule has 0 radical (unpaired) electrons. The Hall–Kier alpha value is -0.980. The van der Waals surface area contributed by atoms with Gasteiger partial charge in [0.15, 0.2) is 5.82 Å². The topological polar surface area (TPSA) is 83.4 Å². The number of ether oxygens (including phenoxy) is 2. The van der Waals surface area contributed by atoms with Gasteiger partial charge < -0.3 is 19.7 Å². The summed E-state index contributed by atoms with van der Waals surface area (Å²) in [6.07, 6.45) is 6.06. The Labute approximate surface area is 127 Å². The zero-order valence-electron chi connectivity index (χ0n) is 13.3. The van der Waals surface area contributed by atoms with Gasteiger partial charge in [0.05, 0.1) is 19.8 Å². The van der Waals surface area contributed by atoms with Gasteiger partial charge in [-0.3, -0.25) is 0 Å². The summed E-state index contributed by atoms with van der Waals surface area (Å²) in [6, 6.07) is 0. The molecule has 0 aromatic carbocycles. The molecular weight excluding hydrogens is 270 g/mol. The summed E-state index contributed by atoms with van der Waals surface area (Å²) in [5.74, 6) is 2.10. The van der Waals surface area contributed by atoms with Crippen molar-refractivity contribution in [2.75, 3.05) is 33.5 Å². The van der Waals surface area contributed by atoms with E-state index in [-0.39, 0.29) is 0 Å². The molecule has 6 nitrogen and oxygen atoms in total. The molecule has 122 valence electrons. The number of nitrogens with two attached hydrogens (primary N) is 1. The molecule has 1 rings (SSSR count). The number of nitrogens with zero attached hydrogens (tertiary/aromatic N) is 2. The lowest BCUT2D eigenvalue weighted by Gasteiger charge is -2.13. The van der Waals surface area contributed by atoms with Crippen molar-refractivity contribution in [1.82, 2.24) is 10.1 Å². The first-order valence-electron chi connectivity index (χ1n) is 7.88. The van der Waals surface area contributed by atoms with Gasteiger partial charge in [-0.15, -0.1) is 0 Å². The Morgan fingerprint density at radius 3 is 2.71 bits per heavy atom. The normalized spacial score (nSPS) is 12.7. The molecular formula is C15H29N3O3. The maximum atomic E-state index is 5.65. The maximum Gasteiger partial charge on any atom is 0.226 e. The summed E-state index contributed by atoms with van der Waals surface area (Å²) in [5.41, 5.74) is 5.65. The minimum Gasteiger partial charge on any atom is -0.382 e. The summed E-state index contributed by atoms with van der Waals surface area (Å²) in [7, 11) is 1.66. The van der Waals surface area contributed by atoms with Crippen LogP contribution in [0.3, 0.4) is 0 Å². The second-order valence-electron chi connectivity index (χ2n) is 5.23. The lowest BCUT2D eigenvalue weighted by molar-refractivity contribution is 0.0714. The average molecular weight is 299 g/mol. The molecule has 1 unspecified atom stereocenters. The summed E-state index contributed by atoms with van der Waals surface area (Å²) in [4.78, 5) is 4.40. The van der Waals surface area contributed by atoms with Crippen molar-refractivity contribution in [2.24, 2.45) is 11.7 Å². The summed E-state index contributed by atoms with van der Waals surface area (Å²) in [5, 5.41) is 3.98. The number of rotatable bonds is 13. The zero-order chi connectivity index (χ0) is 15.3. The van der Waals surface area contributed by atoms with Crippen LogP contribution in [0, 0.1) is 5.92 Å². The van der Waals surface area contributed by atoms with Crippen LogP contribution in [0.25, 0.3) is 0 Å². The second-order valence-corrected chi connectivity index (χ2v) is 5.23. The molecule has 0 saturated heterocycles. The number of hydrogen-bond donors (Lipinski definition) is 1. The van der Waals surface area contributed by atoms with Crippen LogP contribution >= 0.6 is 0 Å². The molecule has 0 aliphatic carbocycles. The molecule has 0 saturated carbocycles. The fourth-order valence-electron chi connectivity index (χ4n) is 2.31. The molecule has 0 amide bonds. The van der Waals surface area contributed by atoms with Crippen LogP contribution in [0.5, 0.6) is 0 Å². The third-order valence-corrected chi connectivity index (χ3v) is 3.45. The van der Waals surface area contributed by atoms with E-state index in [1.165, 1.54) is 12.8 Å². The van der Waals surface area contributed by atoms with E-state index in [1.54, 1.807) is 7.11 Å². The van der Waals surface area contributed by atoms with E-state index in [1.807, 2.05) is 0 Å². The third kappa shape index (κ3) is 8.14. The Balaban J connectivity index is 2.24. The van der Waals surface area contributed by atoms with Crippen molar-refractivity contribution >= 4 is 0 Å². The highest BCUT2D eigenvalue weighted by atomic mass is 16.5. The minimum absolute atomic E-state index is 0.591. The highest BCUT2D eigenvalue weighted by Crippen LogP contribution is 2.17. The van der Waals surface area contributed by atoms with Crippen LogP contribution in [0.2, 0.25) is 0 Å². The monoisotopic (exact) mass is 299 g/mol. The standard InChI is InChI=1S/C15H29N3O3/c1-3-4-13(7-9-16)5-6-15-17-14(18-21-15)8-10-20-12-11-19-2/h13H,3-12,16H2,1-2H3. The lowest BCUT2D eigenvalue weighted by atomic mass is 9.94. The Morgan fingerprint density at radius 1 is 1.14 bits per heavy atom. The van der Waals surface area contributed by atoms with Crippen molar-refractivity contribution in [3.63, 3.8) is 0 Å². The van der Waals surface area contributed by atoms with Gasteiger partial charge in [0.25, 0.3) is 0 Å². The van der Waals surface area contributed by atoms with Crippen molar-refractivity contribution in [1.29, 1.82) is 0 Å². The first-order valence-corrected chi connectivity index (χ1v) is 7.88. The minimum atomic E-state index is 0.591. The van der Waals surface area contributed by atoms with Crippen molar-refractivity contribution in [3.8, 4) is 0 Å². The second kappa shape index (κ2) is 11.7. The predicted molar refractivity (Wildman–Crippen MR) is 81.1 cm³/mol. The summed E-state index contributed by atoms with van der Waals surface area (Å²) >= 11 is 0. The number of methoxy groups -OCH3 is 1. The maximum absolute atomic E-state index is 5.65. The van der Waals surface area contributed by atoms with Crippen LogP contribution < -0.4 is 5.73 Å². The van der Waals surface area contributed by atoms with Gasteiger partial charge >= 0.3 is 0 Å². The molecule has 0 aliphatic rings. The first kappa shape index (κ1) is 18.1. The largest absolute Gasteiger partial charge is 0.382 e. The number of aryl methyl sites for hydroxylation is 1. The van der Waals surface area contributed by atoms with E-state index in [0.29, 0.717) is 38.0 Å². The van der Waals surface area contributed by atoms with Gasteiger partial charge in [-0.05, 0) is 25.3 Å². The van der Waals surface area contributed by atoms with E-state index in [4.69, 9.17) is 19.7 Å². The third-order valence-electron chi connectivity index (χ3n) is 3.45. The van der Waals surface area contributed by atoms with E-state index < -0.39 is 0 Å². The van der Waals surface area contributed by atoms with Gasteiger partial charge in [0, 0.05) is 20.0 Å². The van der Waals surface area contributed by atoms with E-state index in [0.717, 1.165) is 31.7 Å². The molecule has 1 aromatic rings. The van der Waals surface area contributed by atoms with Crippen molar-refractivity contribution in [3.05, 3.63) is 11.7 Å². The Kier molecular flexibility index (Phi) is 10.0. The number of hydrogen-bond acceptors (Lipinski definition) is 6. The first-order chi connectivity index (χ1) is 10.3. The molecule has 1 heterocycles. The van der Waals surface area contributed by atoms with Crippen LogP contribution in [-0.4, -0.2) is 43.6 Å². The van der Waals surface area contributed by atoms with E-state index >= 15 is 0 Å². The smallest absolute Gasteiger partial charge is 0.226 e. The Morgan fingerprint density at radius 2 is 2.00 bits per heavy atom. The van der Waals surface area contributed by atoms with Gasteiger partial charge in [0.1, 0.15) is 0 Å². The van der Waals surface area contributed by atoms with Crippen molar-refractivity contribution in [2.45, 2.75) is 45.4 Å². The van der Waals surface area contributed by atoms with Crippen LogP contribution in [0.15, 0.2) is 4.52 Å². The molecule has 1 aromatic heterocycles. The summed E-state index contributed by atoms with van der Waals surface area (Å²) < 4.78 is 15.6. The molecule has 0 fully saturated rings. The lowest BCUT2D eigenvalue weighted by Crippen LogP contribution is -2.10. The Bertz CT molecular complexity index is 352. The fraction of sp³-hybridized carbons (Fsp3) is 0.867.